The van der Waals surface area contributed by atoms with E-state index in [-0.39, 0.29) is 5.35 Å². The van der Waals surface area contributed by atoms with E-state index in [1.54, 1.807) is 12.1 Å². The molecule has 0 unspecified atom stereocenters. The number of hydrogen-bond donors (Lipinski definition) is 0. The van der Waals surface area contributed by atoms with Crippen molar-refractivity contribution in [3.63, 3.8) is 0 Å². The minimum atomic E-state index is 0.0683. The number of hydrogen-bond acceptors (Lipinski definition) is 3. The fourth-order valence-corrected chi connectivity index (χ4v) is 1.77. The number of rotatable bonds is 1. The molecule has 13 heavy (non-hydrogen) atoms. The largest absolute Gasteiger partial charge is 0.426 e. The molecule has 0 fully saturated rings. The Morgan fingerprint density at radius 3 is 3.00 bits per heavy atom. The molecule has 0 aliphatic rings. The third kappa shape index (κ3) is 1.47. The van der Waals surface area contributed by atoms with Crippen LogP contribution in [0, 0.1) is 0 Å². The van der Waals surface area contributed by atoms with Gasteiger partial charge in [-0.3, -0.25) is 4.79 Å². The predicted octanol–water partition coefficient (Wildman–Crippen LogP) is 3.06. The quantitative estimate of drug-likeness (QED) is 0.740. The first-order valence-corrected chi connectivity index (χ1v) is 4.58. The first-order chi connectivity index (χ1) is 6.20. The molecule has 0 amide bonds. The second kappa shape index (κ2) is 3.12. The van der Waals surface area contributed by atoms with E-state index in [1.807, 2.05) is 0 Å². The van der Waals surface area contributed by atoms with Gasteiger partial charge in [0.15, 0.2) is 5.58 Å². The van der Waals surface area contributed by atoms with Crippen LogP contribution in [-0.2, 0) is 0 Å². The van der Waals surface area contributed by atoms with E-state index in [1.165, 1.54) is 0 Å². The minimum absolute atomic E-state index is 0.0683. The molecule has 0 spiro atoms. The van der Waals surface area contributed by atoms with Gasteiger partial charge in [0.05, 0.1) is 4.47 Å². The molecule has 0 aliphatic heterocycles. The maximum Gasteiger partial charge on any atom is 0.293 e. The van der Waals surface area contributed by atoms with Crippen molar-refractivity contribution in [2.45, 2.75) is 0 Å². The standard InChI is InChI=1S/C8H3BrClNO2/c9-5-1-4(3-12)2-6-7(5)13-8(10)11-6/h1-3H. The summed E-state index contributed by atoms with van der Waals surface area (Å²) in [6.07, 6.45) is 0.743. The van der Waals surface area contributed by atoms with Gasteiger partial charge in [0, 0.05) is 5.56 Å². The Bertz CT molecular complexity index is 480. The van der Waals surface area contributed by atoms with Crippen LogP contribution in [0.3, 0.4) is 0 Å². The molecule has 1 heterocycles. The van der Waals surface area contributed by atoms with Crippen LogP contribution in [0.25, 0.3) is 11.1 Å². The topological polar surface area (TPSA) is 43.1 Å². The van der Waals surface area contributed by atoms with Gasteiger partial charge in [0.25, 0.3) is 5.35 Å². The van der Waals surface area contributed by atoms with Crippen LogP contribution in [0.5, 0.6) is 0 Å². The second-order valence-electron chi connectivity index (χ2n) is 2.44. The van der Waals surface area contributed by atoms with Gasteiger partial charge in [-0.05, 0) is 39.7 Å². The maximum atomic E-state index is 10.5. The highest BCUT2D eigenvalue weighted by Crippen LogP contribution is 2.27. The molecule has 1 aromatic carbocycles. The van der Waals surface area contributed by atoms with Crippen molar-refractivity contribution in [2.75, 3.05) is 0 Å². The van der Waals surface area contributed by atoms with Crippen molar-refractivity contribution in [1.82, 2.24) is 4.98 Å². The van der Waals surface area contributed by atoms with Gasteiger partial charge in [-0.1, -0.05) is 0 Å². The fourth-order valence-electron chi connectivity index (χ4n) is 1.05. The summed E-state index contributed by atoms with van der Waals surface area (Å²) in [5.41, 5.74) is 1.65. The number of fused-ring (bicyclic) bond motifs is 1. The van der Waals surface area contributed by atoms with Gasteiger partial charge >= 0.3 is 0 Å². The summed E-state index contributed by atoms with van der Waals surface area (Å²) in [7, 11) is 0. The lowest BCUT2D eigenvalue weighted by molar-refractivity contribution is 0.112. The third-order valence-electron chi connectivity index (χ3n) is 1.58. The van der Waals surface area contributed by atoms with Gasteiger partial charge in [-0.25, -0.2) is 0 Å². The van der Waals surface area contributed by atoms with Crippen LogP contribution >= 0.6 is 27.5 Å². The number of oxazole rings is 1. The second-order valence-corrected chi connectivity index (χ2v) is 3.61. The molecule has 0 saturated heterocycles. The zero-order valence-electron chi connectivity index (χ0n) is 6.25. The van der Waals surface area contributed by atoms with E-state index in [0.717, 1.165) is 6.29 Å². The van der Waals surface area contributed by atoms with E-state index in [0.29, 0.717) is 21.1 Å². The Hall–Kier alpha value is -0.870. The highest BCUT2D eigenvalue weighted by molar-refractivity contribution is 9.10. The molecule has 2 aromatic rings. The zero-order chi connectivity index (χ0) is 9.42. The molecule has 0 atom stereocenters. The summed E-state index contributed by atoms with van der Waals surface area (Å²) in [5, 5.41) is 0.0683. The number of halogens is 2. The predicted molar refractivity (Wildman–Crippen MR) is 52.1 cm³/mol. The van der Waals surface area contributed by atoms with Crippen LogP contribution in [-0.4, -0.2) is 11.3 Å². The molecule has 3 nitrogen and oxygen atoms in total. The molecule has 1 aromatic heterocycles. The Morgan fingerprint density at radius 1 is 1.54 bits per heavy atom. The highest BCUT2D eigenvalue weighted by atomic mass is 79.9. The number of nitrogens with zero attached hydrogens (tertiary/aromatic N) is 1. The molecule has 0 bridgehead atoms. The Balaban J connectivity index is 2.82. The molecule has 66 valence electrons. The number of carbonyl (C=O) groups excluding carboxylic acids is 1. The summed E-state index contributed by atoms with van der Waals surface area (Å²) < 4.78 is 5.76. The van der Waals surface area contributed by atoms with Gasteiger partial charge in [-0.15, -0.1) is 0 Å². The minimum Gasteiger partial charge on any atom is -0.426 e. The zero-order valence-corrected chi connectivity index (χ0v) is 8.59. The Kier molecular flexibility index (Phi) is 2.09. The summed E-state index contributed by atoms with van der Waals surface area (Å²) in [6, 6.07) is 3.26. The van der Waals surface area contributed by atoms with E-state index in [9.17, 15) is 4.79 Å². The van der Waals surface area contributed by atoms with Crippen LogP contribution in [0.2, 0.25) is 5.35 Å². The van der Waals surface area contributed by atoms with Crippen LogP contribution in [0.1, 0.15) is 10.4 Å². The van der Waals surface area contributed by atoms with Gasteiger partial charge < -0.3 is 4.42 Å². The Labute approximate surface area is 86.8 Å². The summed E-state index contributed by atoms with van der Waals surface area (Å²) in [5.74, 6) is 0. The molecule has 0 aliphatic carbocycles. The van der Waals surface area contributed by atoms with Crippen LogP contribution < -0.4 is 0 Å². The van der Waals surface area contributed by atoms with Crippen molar-refractivity contribution >= 4 is 44.9 Å². The first-order valence-electron chi connectivity index (χ1n) is 3.41. The lowest BCUT2D eigenvalue weighted by Gasteiger charge is -1.92. The SMILES string of the molecule is O=Cc1cc(Br)c2oc(Cl)nc2c1. The molecule has 2 rings (SSSR count). The highest BCUT2D eigenvalue weighted by Gasteiger charge is 2.08. The molecule has 0 radical (unpaired) electrons. The van der Waals surface area contributed by atoms with Crippen molar-refractivity contribution in [3.8, 4) is 0 Å². The first kappa shape index (κ1) is 8.72. The van der Waals surface area contributed by atoms with Crippen molar-refractivity contribution < 1.29 is 9.21 Å². The van der Waals surface area contributed by atoms with Crippen molar-refractivity contribution in [3.05, 3.63) is 27.5 Å². The number of benzene rings is 1. The molecule has 5 heteroatoms. The maximum absolute atomic E-state index is 10.5. The van der Waals surface area contributed by atoms with E-state index in [2.05, 4.69) is 20.9 Å². The number of aromatic nitrogens is 1. The van der Waals surface area contributed by atoms with E-state index < -0.39 is 0 Å². The number of carbonyl (C=O) groups is 1. The molecular weight excluding hydrogens is 257 g/mol. The van der Waals surface area contributed by atoms with Crippen LogP contribution in [0.15, 0.2) is 21.0 Å². The summed E-state index contributed by atoms with van der Waals surface area (Å²) in [4.78, 5) is 14.4. The van der Waals surface area contributed by atoms with Gasteiger partial charge in [-0.2, -0.15) is 4.98 Å². The fraction of sp³-hybridized carbons (Fsp3) is 0. The van der Waals surface area contributed by atoms with Gasteiger partial charge in [0.1, 0.15) is 11.8 Å². The average molecular weight is 260 g/mol. The Morgan fingerprint density at radius 2 is 2.31 bits per heavy atom. The normalized spacial score (nSPS) is 10.6. The smallest absolute Gasteiger partial charge is 0.293 e. The summed E-state index contributed by atoms with van der Waals surface area (Å²) in [6.45, 7) is 0. The third-order valence-corrected chi connectivity index (χ3v) is 2.33. The lowest BCUT2D eigenvalue weighted by atomic mass is 10.2. The lowest BCUT2D eigenvalue weighted by Crippen LogP contribution is -1.80. The van der Waals surface area contributed by atoms with Crippen molar-refractivity contribution in [2.24, 2.45) is 0 Å². The monoisotopic (exact) mass is 259 g/mol. The molecule has 0 N–H and O–H groups in total. The summed E-state index contributed by atoms with van der Waals surface area (Å²) >= 11 is 8.81. The average Bonchev–Trinajstić information content (AvgIpc) is 2.46. The van der Waals surface area contributed by atoms with E-state index >= 15 is 0 Å². The van der Waals surface area contributed by atoms with E-state index in [4.69, 9.17) is 16.0 Å². The number of aldehydes is 1. The van der Waals surface area contributed by atoms with Crippen LogP contribution in [0.4, 0.5) is 0 Å². The van der Waals surface area contributed by atoms with Crippen molar-refractivity contribution in [1.29, 1.82) is 0 Å². The molecular formula is C8H3BrClNO2. The van der Waals surface area contributed by atoms with Gasteiger partial charge in [0.2, 0.25) is 0 Å². The molecule has 0 saturated carbocycles.